The van der Waals surface area contributed by atoms with E-state index in [4.69, 9.17) is 10.5 Å². The van der Waals surface area contributed by atoms with E-state index in [1.165, 1.54) is 0 Å². The lowest BCUT2D eigenvalue weighted by atomic mass is 10.2. The van der Waals surface area contributed by atoms with E-state index in [0.29, 0.717) is 0 Å². The molecule has 0 aliphatic carbocycles. The summed E-state index contributed by atoms with van der Waals surface area (Å²) in [6, 6.07) is 5.83. The maximum Gasteiger partial charge on any atom is 0.145 e. The van der Waals surface area contributed by atoms with Crippen molar-refractivity contribution < 1.29 is 4.74 Å². The van der Waals surface area contributed by atoms with Gasteiger partial charge >= 0.3 is 0 Å². The monoisotopic (exact) mass is 211 g/mol. The third-order valence-electron chi connectivity index (χ3n) is 1.98. The summed E-state index contributed by atoms with van der Waals surface area (Å²) < 4.78 is 5.63. The third-order valence-corrected chi connectivity index (χ3v) is 2.68. The van der Waals surface area contributed by atoms with Crippen LogP contribution in [0.25, 0.3) is 0 Å². The van der Waals surface area contributed by atoms with Crippen LogP contribution in [-0.2, 0) is 0 Å². The van der Waals surface area contributed by atoms with E-state index in [0.717, 1.165) is 35.8 Å². The summed E-state index contributed by atoms with van der Waals surface area (Å²) in [4.78, 5) is 0. The van der Waals surface area contributed by atoms with Gasteiger partial charge in [0.05, 0.1) is 12.3 Å². The number of nitrogen functional groups attached to an aromatic ring is 1. The number of aryl methyl sites for hydroxylation is 1. The Hall–Kier alpha value is -0.830. The maximum absolute atomic E-state index is 5.81. The Balaban J connectivity index is 2.49. The normalized spacial score (nSPS) is 10.1. The van der Waals surface area contributed by atoms with Crippen molar-refractivity contribution in [3.05, 3.63) is 23.8 Å². The molecule has 0 fully saturated rings. The van der Waals surface area contributed by atoms with Crippen LogP contribution in [0.4, 0.5) is 5.69 Å². The van der Waals surface area contributed by atoms with Gasteiger partial charge in [0.1, 0.15) is 5.75 Å². The van der Waals surface area contributed by atoms with Crippen LogP contribution >= 0.6 is 11.8 Å². The molecule has 0 saturated carbocycles. The summed E-state index contributed by atoms with van der Waals surface area (Å²) in [6.45, 7) is 2.76. The first-order valence-corrected chi connectivity index (χ1v) is 6.12. The zero-order valence-electron chi connectivity index (χ0n) is 8.75. The molecule has 0 bridgehead atoms. The predicted molar refractivity (Wildman–Crippen MR) is 64.1 cm³/mol. The first-order chi connectivity index (χ1) is 6.75. The molecule has 0 spiro atoms. The SMILES string of the molecule is CSCCCOc1c(C)cccc1N. The van der Waals surface area contributed by atoms with Gasteiger partial charge in [0.15, 0.2) is 0 Å². The van der Waals surface area contributed by atoms with Crippen molar-refractivity contribution in [1.82, 2.24) is 0 Å². The summed E-state index contributed by atoms with van der Waals surface area (Å²) in [5.41, 5.74) is 7.64. The van der Waals surface area contributed by atoms with Gasteiger partial charge in [0.2, 0.25) is 0 Å². The van der Waals surface area contributed by atoms with Crippen LogP contribution in [0.5, 0.6) is 5.75 Å². The molecule has 0 amide bonds. The number of ether oxygens (including phenoxy) is 1. The number of thioether (sulfide) groups is 1. The molecule has 78 valence electrons. The molecule has 0 aliphatic heterocycles. The average Bonchev–Trinajstić information content (AvgIpc) is 2.16. The van der Waals surface area contributed by atoms with Gasteiger partial charge in [0.25, 0.3) is 0 Å². The Bertz CT molecular complexity index is 268. The predicted octanol–water partition coefficient (Wildman–Crippen LogP) is 2.71. The summed E-state index contributed by atoms with van der Waals surface area (Å²) in [5.74, 6) is 1.97. The van der Waals surface area contributed by atoms with Crippen molar-refractivity contribution in [2.75, 3.05) is 24.3 Å². The van der Waals surface area contributed by atoms with Crippen molar-refractivity contribution in [3.8, 4) is 5.75 Å². The van der Waals surface area contributed by atoms with Gasteiger partial charge in [0, 0.05) is 0 Å². The minimum atomic E-state index is 0.731. The van der Waals surface area contributed by atoms with Crippen LogP contribution in [0.1, 0.15) is 12.0 Å². The van der Waals surface area contributed by atoms with Crippen molar-refractivity contribution in [3.63, 3.8) is 0 Å². The average molecular weight is 211 g/mol. The van der Waals surface area contributed by atoms with Gasteiger partial charge < -0.3 is 10.5 Å². The molecule has 0 saturated heterocycles. The Morgan fingerprint density at radius 3 is 2.86 bits per heavy atom. The molecule has 1 aromatic carbocycles. The van der Waals surface area contributed by atoms with E-state index < -0.39 is 0 Å². The van der Waals surface area contributed by atoms with Gasteiger partial charge in [-0.15, -0.1) is 0 Å². The molecule has 0 atom stereocenters. The third kappa shape index (κ3) is 3.14. The fraction of sp³-hybridized carbons (Fsp3) is 0.455. The molecule has 3 heteroatoms. The maximum atomic E-state index is 5.81. The van der Waals surface area contributed by atoms with E-state index in [-0.39, 0.29) is 0 Å². The molecular formula is C11H17NOS. The highest BCUT2D eigenvalue weighted by molar-refractivity contribution is 7.98. The number of para-hydroxylation sites is 1. The number of rotatable bonds is 5. The summed E-state index contributed by atoms with van der Waals surface area (Å²) >= 11 is 1.83. The van der Waals surface area contributed by atoms with Crippen LogP contribution < -0.4 is 10.5 Å². The first-order valence-electron chi connectivity index (χ1n) is 4.72. The second-order valence-electron chi connectivity index (χ2n) is 3.19. The number of hydrogen-bond acceptors (Lipinski definition) is 3. The van der Waals surface area contributed by atoms with Crippen molar-refractivity contribution in [2.45, 2.75) is 13.3 Å². The highest BCUT2D eigenvalue weighted by Crippen LogP contribution is 2.25. The standard InChI is InChI=1S/C11H17NOS/c1-9-5-3-6-10(12)11(9)13-7-4-8-14-2/h3,5-6H,4,7-8,12H2,1-2H3. The topological polar surface area (TPSA) is 35.2 Å². The molecule has 0 aromatic heterocycles. The quantitative estimate of drug-likeness (QED) is 0.601. The molecule has 2 N–H and O–H groups in total. The lowest BCUT2D eigenvalue weighted by molar-refractivity contribution is 0.318. The molecule has 0 radical (unpaired) electrons. The van der Waals surface area contributed by atoms with Crippen LogP contribution in [0.2, 0.25) is 0 Å². The van der Waals surface area contributed by atoms with E-state index in [2.05, 4.69) is 6.26 Å². The van der Waals surface area contributed by atoms with E-state index in [1.54, 1.807) is 0 Å². The molecule has 1 aromatic rings. The highest BCUT2D eigenvalue weighted by atomic mass is 32.2. The van der Waals surface area contributed by atoms with Crippen LogP contribution in [0.3, 0.4) is 0 Å². The van der Waals surface area contributed by atoms with Gasteiger partial charge in [-0.2, -0.15) is 11.8 Å². The zero-order valence-corrected chi connectivity index (χ0v) is 9.56. The molecule has 1 rings (SSSR count). The molecule has 0 aliphatic rings. The Morgan fingerprint density at radius 1 is 1.43 bits per heavy atom. The van der Waals surface area contributed by atoms with E-state index in [1.807, 2.05) is 36.9 Å². The van der Waals surface area contributed by atoms with E-state index in [9.17, 15) is 0 Å². The molecule has 0 unspecified atom stereocenters. The van der Waals surface area contributed by atoms with Gasteiger partial charge in [-0.1, -0.05) is 12.1 Å². The molecule has 0 heterocycles. The summed E-state index contributed by atoms with van der Waals surface area (Å²) in [5, 5.41) is 0. The Morgan fingerprint density at radius 2 is 2.21 bits per heavy atom. The number of anilines is 1. The summed E-state index contributed by atoms with van der Waals surface area (Å²) in [6.07, 6.45) is 3.16. The lowest BCUT2D eigenvalue weighted by Crippen LogP contribution is -2.02. The Kier molecular flexibility index (Phi) is 4.66. The van der Waals surface area contributed by atoms with Crippen molar-refractivity contribution in [2.24, 2.45) is 0 Å². The number of nitrogens with two attached hydrogens (primary N) is 1. The minimum absolute atomic E-state index is 0.731. The molecule has 14 heavy (non-hydrogen) atoms. The Labute approximate surface area is 89.8 Å². The van der Waals surface area contributed by atoms with Crippen LogP contribution in [0, 0.1) is 6.92 Å². The second kappa shape index (κ2) is 5.81. The lowest BCUT2D eigenvalue weighted by Gasteiger charge is -2.10. The van der Waals surface area contributed by atoms with Gasteiger partial charge in [-0.3, -0.25) is 0 Å². The van der Waals surface area contributed by atoms with E-state index >= 15 is 0 Å². The number of hydrogen-bond donors (Lipinski definition) is 1. The van der Waals surface area contributed by atoms with Crippen molar-refractivity contribution in [1.29, 1.82) is 0 Å². The summed E-state index contributed by atoms with van der Waals surface area (Å²) in [7, 11) is 0. The number of benzene rings is 1. The van der Waals surface area contributed by atoms with Gasteiger partial charge in [-0.05, 0) is 37.0 Å². The largest absolute Gasteiger partial charge is 0.491 e. The molecule has 2 nitrogen and oxygen atoms in total. The minimum Gasteiger partial charge on any atom is -0.491 e. The van der Waals surface area contributed by atoms with Crippen LogP contribution in [0.15, 0.2) is 18.2 Å². The van der Waals surface area contributed by atoms with Crippen molar-refractivity contribution >= 4 is 17.4 Å². The van der Waals surface area contributed by atoms with Gasteiger partial charge in [-0.25, -0.2) is 0 Å². The first kappa shape index (κ1) is 11.2. The fourth-order valence-corrected chi connectivity index (χ4v) is 1.66. The molecular weight excluding hydrogens is 194 g/mol. The van der Waals surface area contributed by atoms with Crippen LogP contribution in [-0.4, -0.2) is 18.6 Å². The second-order valence-corrected chi connectivity index (χ2v) is 4.17. The smallest absolute Gasteiger partial charge is 0.145 e. The fourth-order valence-electron chi connectivity index (χ4n) is 1.25. The highest BCUT2D eigenvalue weighted by Gasteiger charge is 2.02. The zero-order chi connectivity index (χ0) is 10.4.